The van der Waals surface area contributed by atoms with Gasteiger partial charge in [-0.3, -0.25) is 9.48 Å². The summed E-state index contributed by atoms with van der Waals surface area (Å²) < 4.78 is 3.81. The topological polar surface area (TPSA) is 64.7 Å². The maximum absolute atomic E-state index is 12.3. The normalized spacial score (nSPS) is 11.1. The molecule has 0 aliphatic heterocycles. The van der Waals surface area contributed by atoms with Crippen LogP contribution in [-0.4, -0.2) is 38.0 Å². The third-order valence-electron chi connectivity index (χ3n) is 4.03. The second-order valence-electron chi connectivity index (χ2n) is 6.01. The van der Waals surface area contributed by atoms with Crippen LogP contribution in [0.1, 0.15) is 17.8 Å². The smallest absolute Gasteiger partial charge is 0.240 e. The Hall–Kier alpha value is -2.28. The second-order valence-corrected chi connectivity index (χ2v) is 6.88. The number of benzene rings is 1. The maximum atomic E-state index is 12.3. The highest BCUT2D eigenvalue weighted by atomic mass is 32.2. The molecule has 1 aromatic carbocycles. The summed E-state index contributed by atoms with van der Waals surface area (Å²) in [6.45, 7) is 0.974. The minimum atomic E-state index is 0.0247. The molecule has 132 valence electrons. The van der Waals surface area contributed by atoms with E-state index in [9.17, 15) is 4.79 Å². The van der Waals surface area contributed by atoms with Crippen LogP contribution in [0, 0.1) is 0 Å². The van der Waals surface area contributed by atoms with Gasteiger partial charge in [0.05, 0.1) is 23.0 Å². The number of aryl methyl sites for hydroxylation is 2. The van der Waals surface area contributed by atoms with Crippen molar-refractivity contribution in [2.24, 2.45) is 7.05 Å². The van der Waals surface area contributed by atoms with Crippen LogP contribution in [0.2, 0.25) is 0 Å². The fourth-order valence-corrected chi connectivity index (χ4v) is 3.34. The molecular formula is C18H23N5OS. The number of nitrogens with zero attached hydrogens (tertiary/aromatic N) is 4. The molecule has 3 rings (SSSR count). The summed E-state index contributed by atoms with van der Waals surface area (Å²) in [5, 5.41) is 7.16. The molecule has 0 bridgehead atoms. The number of carbonyl (C=O) groups is 1. The van der Waals surface area contributed by atoms with Crippen LogP contribution in [0.4, 0.5) is 0 Å². The predicted molar refractivity (Wildman–Crippen MR) is 101 cm³/mol. The first-order valence-corrected chi connectivity index (χ1v) is 9.74. The SMILES string of the molecule is CSCc1nc2ccccc2n1CC(=O)NCCCc1cnn(C)c1. The summed E-state index contributed by atoms with van der Waals surface area (Å²) in [5.74, 6) is 1.76. The number of amides is 1. The standard InChI is InChI=1S/C18H23N5OS/c1-22-11-14(10-20-22)6-5-9-19-18(24)12-23-16-8-4-3-7-15(16)21-17(23)13-25-2/h3-4,7-8,10-11H,5-6,9,12-13H2,1-2H3,(H,19,24). The molecule has 0 radical (unpaired) electrons. The molecule has 1 N–H and O–H groups in total. The van der Waals surface area contributed by atoms with E-state index in [1.165, 1.54) is 5.56 Å². The lowest BCUT2D eigenvalue weighted by Crippen LogP contribution is -2.29. The first-order chi connectivity index (χ1) is 12.2. The predicted octanol–water partition coefficient (Wildman–Crippen LogP) is 2.38. The number of carbonyl (C=O) groups excluding carboxylic acids is 1. The number of aromatic nitrogens is 4. The highest BCUT2D eigenvalue weighted by Crippen LogP contribution is 2.18. The number of hydrogen-bond donors (Lipinski definition) is 1. The van der Waals surface area contributed by atoms with Gasteiger partial charge >= 0.3 is 0 Å². The van der Waals surface area contributed by atoms with Crippen molar-refractivity contribution < 1.29 is 4.79 Å². The lowest BCUT2D eigenvalue weighted by molar-refractivity contribution is -0.121. The average molecular weight is 357 g/mol. The van der Waals surface area contributed by atoms with Gasteiger partial charge in [0.1, 0.15) is 12.4 Å². The third-order valence-corrected chi connectivity index (χ3v) is 4.58. The number of nitrogens with one attached hydrogen (secondary N) is 1. The van der Waals surface area contributed by atoms with Crippen molar-refractivity contribution in [1.82, 2.24) is 24.6 Å². The Morgan fingerprint density at radius 3 is 2.92 bits per heavy atom. The third kappa shape index (κ3) is 4.42. The van der Waals surface area contributed by atoms with Gasteiger partial charge in [0, 0.05) is 19.8 Å². The molecule has 25 heavy (non-hydrogen) atoms. The van der Waals surface area contributed by atoms with Crippen molar-refractivity contribution >= 4 is 28.7 Å². The first kappa shape index (κ1) is 17.5. The van der Waals surface area contributed by atoms with E-state index in [1.807, 2.05) is 54.5 Å². The zero-order valence-corrected chi connectivity index (χ0v) is 15.4. The molecule has 0 atom stereocenters. The van der Waals surface area contributed by atoms with E-state index in [4.69, 9.17) is 0 Å². The van der Waals surface area contributed by atoms with Crippen LogP contribution < -0.4 is 5.32 Å². The number of thioether (sulfide) groups is 1. The Balaban J connectivity index is 1.57. The summed E-state index contributed by atoms with van der Waals surface area (Å²) in [6.07, 6.45) is 7.74. The molecule has 3 aromatic rings. The minimum Gasteiger partial charge on any atom is -0.355 e. The molecule has 0 fully saturated rings. The number of imidazole rings is 1. The molecule has 0 saturated heterocycles. The Bertz CT molecular complexity index is 854. The van der Waals surface area contributed by atoms with Crippen LogP contribution in [0.3, 0.4) is 0 Å². The highest BCUT2D eigenvalue weighted by molar-refractivity contribution is 7.97. The van der Waals surface area contributed by atoms with E-state index in [-0.39, 0.29) is 5.91 Å². The van der Waals surface area contributed by atoms with Gasteiger partial charge < -0.3 is 9.88 Å². The van der Waals surface area contributed by atoms with Gasteiger partial charge in [-0.25, -0.2) is 4.98 Å². The van der Waals surface area contributed by atoms with Crippen LogP contribution in [-0.2, 0) is 30.6 Å². The molecule has 0 unspecified atom stereocenters. The first-order valence-electron chi connectivity index (χ1n) is 8.34. The van der Waals surface area contributed by atoms with Gasteiger partial charge in [0.15, 0.2) is 0 Å². The second kappa shape index (κ2) is 8.20. The van der Waals surface area contributed by atoms with E-state index in [1.54, 1.807) is 16.4 Å². The largest absolute Gasteiger partial charge is 0.355 e. The highest BCUT2D eigenvalue weighted by Gasteiger charge is 2.12. The van der Waals surface area contributed by atoms with Gasteiger partial charge in [-0.05, 0) is 36.8 Å². The van der Waals surface area contributed by atoms with E-state index < -0.39 is 0 Å². The van der Waals surface area contributed by atoms with Crippen molar-refractivity contribution in [3.8, 4) is 0 Å². The lowest BCUT2D eigenvalue weighted by atomic mass is 10.2. The van der Waals surface area contributed by atoms with Crippen molar-refractivity contribution in [2.45, 2.75) is 25.1 Å². The molecule has 6 nitrogen and oxygen atoms in total. The Morgan fingerprint density at radius 1 is 1.32 bits per heavy atom. The Morgan fingerprint density at radius 2 is 2.16 bits per heavy atom. The van der Waals surface area contributed by atoms with Crippen molar-refractivity contribution in [2.75, 3.05) is 12.8 Å². The fraction of sp³-hybridized carbons (Fsp3) is 0.389. The average Bonchev–Trinajstić information content (AvgIpc) is 3.16. The molecule has 1 amide bonds. The maximum Gasteiger partial charge on any atom is 0.240 e. The van der Waals surface area contributed by atoms with Crippen molar-refractivity contribution in [3.05, 3.63) is 48.0 Å². The summed E-state index contributed by atoms with van der Waals surface area (Å²) in [5.41, 5.74) is 3.15. The van der Waals surface area contributed by atoms with E-state index >= 15 is 0 Å². The molecule has 7 heteroatoms. The van der Waals surface area contributed by atoms with Crippen LogP contribution in [0.15, 0.2) is 36.7 Å². The molecule has 2 heterocycles. The van der Waals surface area contributed by atoms with Gasteiger partial charge in [0.2, 0.25) is 5.91 Å². The van der Waals surface area contributed by atoms with E-state index in [2.05, 4.69) is 15.4 Å². The monoisotopic (exact) mass is 357 g/mol. The van der Waals surface area contributed by atoms with Crippen LogP contribution in [0.25, 0.3) is 11.0 Å². The molecular weight excluding hydrogens is 334 g/mol. The number of rotatable bonds is 8. The molecule has 0 aliphatic rings. The lowest BCUT2D eigenvalue weighted by Gasteiger charge is -2.09. The van der Waals surface area contributed by atoms with Gasteiger partial charge in [-0.1, -0.05) is 12.1 Å². The van der Waals surface area contributed by atoms with Crippen LogP contribution in [0.5, 0.6) is 0 Å². The Labute approximate surface area is 151 Å². The number of hydrogen-bond acceptors (Lipinski definition) is 4. The quantitative estimate of drug-likeness (QED) is 0.629. The summed E-state index contributed by atoms with van der Waals surface area (Å²) in [6, 6.07) is 7.96. The number of fused-ring (bicyclic) bond motifs is 1. The zero-order valence-electron chi connectivity index (χ0n) is 14.6. The van der Waals surface area contributed by atoms with Gasteiger partial charge in [-0.2, -0.15) is 16.9 Å². The van der Waals surface area contributed by atoms with Crippen molar-refractivity contribution in [1.29, 1.82) is 0 Å². The minimum absolute atomic E-state index is 0.0247. The molecule has 0 spiro atoms. The van der Waals surface area contributed by atoms with E-state index in [0.29, 0.717) is 13.1 Å². The molecule has 2 aromatic heterocycles. The fourth-order valence-electron chi connectivity index (χ4n) is 2.86. The Kier molecular flexibility index (Phi) is 5.75. The summed E-state index contributed by atoms with van der Waals surface area (Å²) >= 11 is 1.71. The zero-order chi connectivity index (χ0) is 17.6. The van der Waals surface area contributed by atoms with Crippen LogP contribution >= 0.6 is 11.8 Å². The molecule has 0 aliphatic carbocycles. The van der Waals surface area contributed by atoms with Crippen molar-refractivity contribution in [3.63, 3.8) is 0 Å². The number of para-hydroxylation sites is 2. The van der Waals surface area contributed by atoms with E-state index in [0.717, 1.165) is 35.5 Å². The van der Waals surface area contributed by atoms with Gasteiger partial charge in [-0.15, -0.1) is 0 Å². The summed E-state index contributed by atoms with van der Waals surface area (Å²) in [7, 11) is 1.91. The van der Waals surface area contributed by atoms with Gasteiger partial charge in [0.25, 0.3) is 0 Å². The molecule has 0 saturated carbocycles. The summed E-state index contributed by atoms with van der Waals surface area (Å²) in [4.78, 5) is 17.0.